The van der Waals surface area contributed by atoms with E-state index in [0.29, 0.717) is 0 Å². The van der Waals surface area contributed by atoms with Crippen molar-refractivity contribution < 1.29 is 8.83 Å². The molecule has 0 radical (unpaired) electrons. The van der Waals surface area contributed by atoms with Crippen LogP contribution < -0.4 is 0 Å². The van der Waals surface area contributed by atoms with Gasteiger partial charge in [0.05, 0.1) is 22.1 Å². The van der Waals surface area contributed by atoms with Crippen LogP contribution in [-0.4, -0.2) is 9.13 Å². The van der Waals surface area contributed by atoms with Gasteiger partial charge in [0.1, 0.15) is 22.3 Å². The lowest BCUT2D eigenvalue weighted by Crippen LogP contribution is -1.93. The van der Waals surface area contributed by atoms with E-state index in [-0.39, 0.29) is 0 Å². The maximum Gasteiger partial charge on any atom is 0.135 e. The Morgan fingerprint density at radius 2 is 0.569 bits per heavy atom. The molecule has 4 aromatic heterocycles. The third kappa shape index (κ3) is 4.51. The van der Waals surface area contributed by atoms with Crippen LogP contribution in [0.2, 0.25) is 0 Å². The van der Waals surface area contributed by atoms with E-state index in [0.717, 1.165) is 77.5 Å². The summed E-state index contributed by atoms with van der Waals surface area (Å²) in [6.07, 6.45) is 0. The van der Waals surface area contributed by atoms with Crippen LogP contribution in [0.25, 0.3) is 121 Å². The van der Waals surface area contributed by atoms with Crippen LogP contribution in [0.4, 0.5) is 0 Å². The SMILES string of the molecule is c1cc(-c2ccc3oc4ccc(-n5c6ccccc6c6ccccc65)cc4c3c2)cc(-c2ccc3oc4ccc(-n5c6ccccc6c6ccccc65)cc4c3c2)c1. The monoisotopic (exact) mass is 740 g/mol. The van der Waals surface area contributed by atoms with Crippen molar-refractivity contribution in [1.29, 1.82) is 0 Å². The molecule has 4 heterocycles. The van der Waals surface area contributed by atoms with Crippen molar-refractivity contribution in [3.63, 3.8) is 0 Å². The zero-order valence-corrected chi connectivity index (χ0v) is 31.2. The molecule has 0 saturated carbocycles. The highest BCUT2D eigenvalue weighted by atomic mass is 16.3. The number of hydrogen-bond donors (Lipinski definition) is 0. The lowest BCUT2D eigenvalue weighted by atomic mass is 9.97. The summed E-state index contributed by atoms with van der Waals surface area (Å²) in [4.78, 5) is 0. The van der Waals surface area contributed by atoms with Crippen LogP contribution in [0.1, 0.15) is 0 Å². The van der Waals surface area contributed by atoms with E-state index in [9.17, 15) is 0 Å². The summed E-state index contributed by atoms with van der Waals surface area (Å²) in [5.41, 5.74) is 15.1. The van der Waals surface area contributed by atoms with Crippen LogP contribution in [0.5, 0.6) is 0 Å². The highest BCUT2D eigenvalue weighted by Crippen LogP contribution is 2.40. The third-order valence-electron chi connectivity index (χ3n) is 12.1. The maximum atomic E-state index is 6.41. The molecule has 0 amide bonds. The molecule has 270 valence electrons. The van der Waals surface area contributed by atoms with Crippen molar-refractivity contribution in [2.75, 3.05) is 0 Å². The van der Waals surface area contributed by atoms with Gasteiger partial charge in [-0.25, -0.2) is 0 Å². The van der Waals surface area contributed by atoms with Gasteiger partial charge in [-0.2, -0.15) is 0 Å². The predicted molar refractivity (Wildman–Crippen MR) is 241 cm³/mol. The molecule has 13 aromatic rings. The second-order valence-electron chi connectivity index (χ2n) is 15.3. The lowest BCUT2D eigenvalue weighted by molar-refractivity contribution is 0.668. The fraction of sp³-hybridized carbons (Fsp3) is 0. The van der Waals surface area contributed by atoms with Gasteiger partial charge in [-0.15, -0.1) is 0 Å². The minimum atomic E-state index is 0.881. The van der Waals surface area contributed by atoms with E-state index in [1.165, 1.54) is 43.6 Å². The Labute approximate surface area is 332 Å². The minimum Gasteiger partial charge on any atom is -0.456 e. The standard InChI is InChI=1S/C54H32N2O2/c1-5-16-47-39(12-1)40-13-2-6-17-48(40)55(47)37-22-26-53-45(31-37)43-29-35(20-24-51(43)57-53)33-10-9-11-34(28-33)36-21-25-52-44(30-36)46-32-38(23-27-54(46)58-52)56-49-18-7-3-14-41(49)42-15-4-8-19-50(42)56/h1-32H. The largest absolute Gasteiger partial charge is 0.456 e. The number of fused-ring (bicyclic) bond motifs is 12. The molecular formula is C54H32N2O2. The van der Waals surface area contributed by atoms with E-state index >= 15 is 0 Å². The van der Waals surface area contributed by atoms with E-state index in [2.05, 4.69) is 203 Å². The van der Waals surface area contributed by atoms with Gasteiger partial charge in [0.25, 0.3) is 0 Å². The summed E-state index contributed by atoms with van der Waals surface area (Å²) in [5, 5.41) is 9.42. The van der Waals surface area contributed by atoms with Gasteiger partial charge in [-0.3, -0.25) is 0 Å². The molecule has 0 atom stereocenters. The molecule has 0 unspecified atom stereocenters. The topological polar surface area (TPSA) is 36.1 Å². The number of nitrogens with zero attached hydrogens (tertiary/aromatic N) is 2. The Kier molecular flexibility index (Phi) is 6.41. The number of benzene rings is 9. The number of furan rings is 2. The van der Waals surface area contributed by atoms with Gasteiger partial charge in [-0.1, -0.05) is 103 Å². The summed E-state index contributed by atoms with van der Waals surface area (Å²) in [7, 11) is 0. The molecule has 4 nitrogen and oxygen atoms in total. The fourth-order valence-electron chi connectivity index (χ4n) is 9.45. The predicted octanol–water partition coefficient (Wildman–Crippen LogP) is 15.0. The Morgan fingerprint density at radius 3 is 0.966 bits per heavy atom. The van der Waals surface area contributed by atoms with Gasteiger partial charge in [0.15, 0.2) is 0 Å². The number of para-hydroxylation sites is 4. The molecule has 0 aliphatic carbocycles. The second kappa shape index (κ2) is 11.8. The first-order valence-corrected chi connectivity index (χ1v) is 19.7. The molecule has 4 heteroatoms. The zero-order chi connectivity index (χ0) is 37.9. The summed E-state index contributed by atoms with van der Waals surface area (Å²) in [6, 6.07) is 69.6. The van der Waals surface area contributed by atoms with Crippen LogP contribution >= 0.6 is 0 Å². The van der Waals surface area contributed by atoms with Crippen molar-refractivity contribution in [2.45, 2.75) is 0 Å². The molecule has 13 rings (SSSR count). The van der Waals surface area contributed by atoms with Crippen LogP contribution in [0.15, 0.2) is 203 Å². The van der Waals surface area contributed by atoms with Crippen molar-refractivity contribution in [1.82, 2.24) is 9.13 Å². The maximum absolute atomic E-state index is 6.41. The van der Waals surface area contributed by atoms with Crippen molar-refractivity contribution in [3.8, 4) is 33.6 Å². The first kappa shape index (κ1) is 31.4. The van der Waals surface area contributed by atoms with E-state index < -0.39 is 0 Å². The Morgan fingerprint density at radius 1 is 0.241 bits per heavy atom. The summed E-state index contributed by atoms with van der Waals surface area (Å²) >= 11 is 0. The highest BCUT2D eigenvalue weighted by molar-refractivity contribution is 6.12. The highest BCUT2D eigenvalue weighted by Gasteiger charge is 2.17. The molecule has 0 fully saturated rings. The quantitative estimate of drug-likeness (QED) is 0.180. The number of rotatable bonds is 4. The Balaban J connectivity index is 0.909. The first-order valence-electron chi connectivity index (χ1n) is 19.7. The van der Waals surface area contributed by atoms with Crippen LogP contribution in [0.3, 0.4) is 0 Å². The molecule has 0 saturated heterocycles. The lowest BCUT2D eigenvalue weighted by Gasteiger charge is -2.09. The van der Waals surface area contributed by atoms with E-state index in [4.69, 9.17) is 8.83 Å². The number of hydrogen-bond acceptors (Lipinski definition) is 2. The minimum absolute atomic E-state index is 0.881. The third-order valence-corrected chi connectivity index (χ3v) is 12.1. The summed E-state index contributed by atoms with van der Waals surface area (Å²) in [6.45, 7) is 0. The van der Waals surface area contributed by atoms with Gasteiger partial charge in [0.2, 0.25) is 0 Å². The Bertz CT molecular complexity index is 3460. The smallest absolute Gasteiger partial charge is 0.135 e. The first-order chi connectivity index (χ1) is 28.7. The van der Waals surface area contributed by atoms with Gasteiger partial charge in [-0.05, 0) is 113 Å². The zero-order valence-electron chi connectivity index (χ0n) is 31.2. The Hall–Kier alpha value is -7.82. The molecule has 58 heavy (non-hydrogen) atoms. The van der Waals surface area contributed by atoms with Crippen molar-refractivity contribution in [3.05, 3.63) is 194 Å². The molecule has 9 aromatic carbocycles. The van der Waals surface area contributed by atoms with E-state index in [1.807, 2.05) is 0 Å². The molecule has 0 aliphatic heterocycles. The average molecular weight is 741 g/mol. The molecular weight excluding hydrogens is 709 g/mol. The summed E-state index contributed by atoms with van der Waals surface area (Å²) < 4.78 is 17.5. The van der Waals surface area contributed by atoms with Gasteiger partial charge in [0, 0.05) is 54.5 Å². The molecule has 0 bridgehead atoms. The average Bonchev–Trinajstić information content (AvgIpc) is 4.03. The van der Waals surface area contributed by atoms with Gasteiger partial charge < -0.3 is 18.0 Å². The molecule has 0 spiro atoms. The number of aromatic nitrogens is 2. The second-order valence-corrected chi connectivity index (χ2v) is 15.3. The van der Waals surface area contributed by atoms with Gasteiger partial charge >= 0.3 is 0 Å². The normalized spacial score (nSPS) is 12.1. The molecule has 0 N–H and O–H groups in total. The van der Waals surface area contributed by atoms with Crippen LogP contribution in [-0.2, 0) is 0 Å². The molecule has 0 aliphatic rings. The van der Waals surface area contributed by atoms with Crippen molar-refractivity contribution >= 4 is 87.5 Å². The van der Waals surface area contributed by atoms with Crippen molar-refractivity contribution in [2.24, 2.45) is 0 Å². The van der Waals surface area contributed by atoms with Crippen LogP contribution in [0, 0.1) is 0 Å². The summed E-state index contributed by atoms with van der Waals surface area (Å²) in [5.74, 6) is 0. The van der Waals surface area contributed by atoms with E-state index in [1.54, 1.807) is 0 Å². The fourth-order valence-corrected chi connectivity index (χ4v) is 9.45.